The number of hydrogen-bond acceptors (Lipinski definition) is 3. The van der Waals surface area contributed by atoms with Gasteiger partial charge in [-0.3, -0.25) is 9.59 Å². The number of aliphatic carboxylic acids is 1. The van der Waals surface area contributed by atoms with Crippen molar-refractivity contribution >= 4 is 23.5 Å². The lowest BCUT2D eigenvalue weighted by atomic mass is 9.93. The van der Waals surface area contributed by atoms with Gasteiger partial charge in [0.25, 0.3) is 5.91 Å². The molecule has 0 fully saturated rings. The highest BCUT2D eigenvalue weighted by atomic mass is 35.5. The molecule has 0 spiro atoms. The summed E-state index contributed by atoms with van der Waals surface area (Å²) in [5, 5.41) is 12.4. The molecule has 5 nitrogen and oxygen atoms in total. The number of benzene rings is 3. The smallest absolute Gasteiger partial charge is 0.416 e. The van der Waals surface area contributed by atoms with Crippen molar-refractivity contribution in [2.75, 3.05) is 0 Å². The number of carboxylic acid groups (broad SMARTS) is 1. The lowest BCUT2D eigenvalue weighted by Gasteiger charge is -2.23. The molecule has 0 aliphatic carbocycles. The molecule has 3 rings (SSSR count). The number of carbonyl (C=O) groups excluding carboxylic acids is 1. The topological polar surface area (TPSA) is 75.6 Å². The molecular formula is C31H33ClF3NO4. The fraction of sp³-hybridized carbons (Fsp3) is 0.355. The lowest BCUT2D eigenvalue weighted by Crippen LogP contribution is -2.30. The van der Waals surface area contributed by atoms with Crippen LogP contribution >= 0.6 is 11.6 Å². The molecule has 0 aromatic heterocycles. The van der Waals surface area contributed by atoms with E-state index in [1.807, 2.05) is 26.0 Å². The molecule has 1 unspecified atom stereocenters. The molecule has 0 bridgehead atoms. The third kappa shape index (κ3) is 8.74. The van der Waals surface area contributed by atoms with Crippen molar-refractivity contribution in [3.63, 3.8) is 0 Å². The fourth-order valence-electron chi connectivity index (χ4n) is 4.54. The summed E-state index contributed by atoms with van der Waals surface area (Å²) in [4.78, 5) is 24.9. The Hall–Kier alpha value is -3.52. The highest BCUT2D eigenvalue weighted by molar-refractivity contribution is 6.31. The number of rotatable bonds is 11. The third-order valence-electron chi connectivity index (χ3n) is 6.36. The van der Waals surface area contributed by atoms with Gasteiger partial charge < -0.3 is 15.2 Å². The summed E-state index contributed by atoms with van der Waals surface area (Å²) < 4.78 is 45.2. The largest absolute Gasteiger partial charge is 0.489 e. The van der Waals surface area contributed by atoms with Crippen LogP contribution in [0.5, 0.6) is 5.75 Å². The van der Waals surface area contributed by atoms with Crippen LogP contribution in [-0.4, -0.2) is 17.0 Å². The van der Waals surface area contributed by atoms with Gasteiger partial charge in [0.15, 0.2) is 0 Å². The average molecular weight is 576 g/mol. The maximum absolute atomic E-state index is 13.6. The summed E-state index contributed by atoms with van der Waals surface area (Å²) in [6.07, 6.45) is -3.90. The first-order valence-electron chi connectivity index (χ1n) is 12.9. The number of alkyl halides is 3. The lowest BCUT2D eigenvalue weighted by molar-refractivity contribution is -0.138. The first-order valence-corrected chi connectivity index (χ1v) is 13.3. The quantitative estimate of drug-likeness (QED) is 0.242. The van der Waals surface area contributed by atoms with Crippen LogP contribution < -0.4 is 10.1 Å². The van der Waals surface area contributed by atoms with Crippen molar-refractivity contribution in [3.8, 4) is 5.75 Å². The molecule has 214 valence electrons. The molecule has 0 heterocycles. The van der Waals surface area contributed by atoms with Crippen molar-refractivity contribution in [1.29, 1.82) is 0 Å². The Kier molecular flexibility index (Phi) is 10.3. The van der Waals surface area contributed by atoms with E-state index in [9.17, 15) is 27.9 Å². The summed E-state index contributed by atoms with van der Waals surface area (Å²) in [5.74, 6) is -0.875. The van der Waals surface area contributed by atoms with Crippen LogP contribution in [0.15, 0.2) is 54.6 Å². The molecule has 1 atom stereocenters. The maximum Gasteiger partial charge on any atom is 0.416 e. The number of amides is 1. The molecule has 0 saturated heterocycles. The van der Waals surface area contributed by atoms with Crippen molar-refractivity contribution in [2.45, 2.75) is 65.8 Å². The van der Waals surface area contributed by atoms with Crippen LogP contribution in [0.4, 0.5) is 13.2 Å². The third-order valence-corrected chi connectivity index (χ3v) is 6.73. The summed E-state index contributed by atoms with van der Waals surface area (Å²) in [7, 11) is 0. The molecule has 1 amide bonds. The van der Waals surface area contributed by atoms with Gasteiger partial charge in [-0.15, -0.1) is 0 Å². The van der Waals surface area contributed by atoms with Crippen molar-refractivity contribution in [3.05, 3.63) is 98.6 Å². The number of hydrogen-bond donors (Lipinski definition) is 2. The maximum atomic E-state index is 13.6. The van der Waals surface area contributed by atoms with Gasteiger partial charge in [-0.1, -0.05) is 60.8 Å². The molecule has 0 aliphatic heterocycles. The molecule has 0 radical (unpaired) electrons. The number of halogens is 4. The fourth-order valence-corrected chi connectivity index (χ4v) is 4.71. The predicted molar refractivity (Wildman–Crippen MR) is 149 cm³/mol. The molecule has 3 aromatic rings. The second kappa shape index (κ2) is 13.2. The van der Waals surface area contributed by atoms with E-state index in [1.165, 1.54) is 12.1 Å². The second-order valence-corrected chi connectivity index (χ2v) is 10.8. The van der Waals surface area contributed by atoms with E-state index in [0.29, 0.717) is 12.0 Å². The van der Waals surface area contributed by atoms with Gasteiger partial charge in [0.1, 0.15) is 12.4 Å². The van der Waals surface area contributed by atoms with E-state index in [0.717, 1.165) is 28.8 Å². The Balaban J connectivity index is 1.91. The Morgan fingerprint density at radius 1 is 0.975 bits per heavy atom. The molecule has 9 heteroatoms. The van der Waals surface area contributed by atoms with Crippen molar-refractivity contribution in [1.82, 2.24) is 5.32 Å². The highest BCUT2D eigenvalue weighted by Crippen LogP contribution is 2.32. The minimum atomic E-state index is -4.53. The van der Waals surface area contributed by atoms with E-state index in [1.54, 1.807) is 12.1 Å². The predicted octanol–water partition coefficient (Wildman–Crippen LogP) is 8.09. The van der Waals surface area contributed by atoms with Gasteiger partial charge >= 0.3 is 12.1 Å². The standard InChI is InChI=1S/C31H33ClF3NO4/c1-18(2)11-28(22-13-19(3)12-20(4)14-22)36-30(39)26-16-25(8-5-21(26)6-10-29(37)38)40-17-23-15-24(31(33,34)35)7-9-27(23)32/h5,7-9,12-16,18,28H,6,10-11,17H2,1-4H3,(H,36,39)(H,37,38). The minimum Gasteiger partial charge on any atom is -0.489 e. The van der Waals surface area contributed by atoms with Crippen LogP contribution in [0.2, 0.25) is 5.02 Å². The summed E-state index contributed by atoms with van der Waals surface area (Å²) >= 11 is 6.10. The zero-order valence-corrected chi connectivity index (χ0v) is 23.6. The van der Waals surface area contributed by atoms with E-state index in [-0.39, 0.29) is 53.3 Å². The first-order chi connectivity index (χ1) is 18.7. The van der Waals surface area contributed by atoms with Gasteiger partial charge in [0.05, 0.1) is 11.6 Å². The average Bonchev–Trinajstić information content (AvgIpc) is 2.85. The van der Waals surface area contributed by atoms with Crippen LogP contribution in [0.1, 0.15) is 76.5 Å². The number of carbonyl (C=O) groups is 2. The zero-order chi connectivity index (χ0) is 29.6. The molecular weight excluding hydrogens is 543 g/mol. The van der Waals surface area contributed by atoms with E-state index in [2.05, 4.69) is 25.2 Å². The zero-order valence-electron chi connectivity index (χ0n) is 22.9. The molecule has 0 aliphatic rings. The van der Waals surface area contributed by atoms with Crippen LogP contribution in [0.25, 0.3) is 0 Å². The highest BCUT2D eigenvalue weighted by Gasteiger charge is 2.31. The minimum absolute atomic E-state index is 0.119. The SMILES string of the molecule is Cc1cc(C)cc(C(CC(C)C)NC(=O)c2cc(OCc3cc(C(F)(F)F)ccc3Cl)ccc2CCC(=O)O)c1. The van der Waals surface area contributed by atoms with Gasteiger partial charge in [-0.05, 0) is 74.1 Å². The number of ether oxygens (including phenoxy) is 1. The number of nitrogens with one attached hydrogen (secondary N) is 1. The Labute approximate surface area is 237 Å². The van der Waals surface area contributed by atoms with Gasteiger partial charge in [0, 0.05) is 22.6 Å². The van der Waals surface area contributed by atoms with Gasteiger partial charge in [-0.25, -0.2) is 0 Å². The Bertz CT molecular complexity index is 1350. The summed E-state index contributed by atoms with van der Waals surface area (Å²) in [6.45, 7) is 7.86. The van der Waals surface area contributed by atoms with Crippen LogP contribution in [-0.2, 0) is 24.0 Å². The van der Waals surface area contributed by atoms with Crippen LogP contribution in [0.3, 0.4) is 0 Å². The van der Waals surface area contributed by atoms with Gasteiger partial charge in [0.2, 0.25) is 0 Å². The van der Waals surface area contributed by atoms with E-state index < -0.39 is 23.6 Å². The van der Waals surface area contributed by atoms with E-state index >= 15 is 0 Å². The molecule has 0 saturated carbocycles. The first kappa shape index (κ1) is 31.0. The van der Waals surface area contributed by atoms with Crippen molar-refractivity contribution < 1.29 is 32.6 Å². The van der Waals surface area contributed by atoms with Crippen LogP contribution in [0, 0.1) is 19.8 Å². The van der Waals surface area contributed by atoms with E-state index in [4.69, 9.17) is 16.3 Å². The number of aryl methyl sites for hydroxylation is 3. The second-order valence-electron chi connectivity index (χ2n) is 10.4. The Morgan fingerprint density at radius 2 is 1.65 bits per heavy atom. The van der Waals surface area contributed by atoms with Crippen molar-refractivity contribution in [2.24, 2.45) is 5.92 Å². The molecule has 40 heavy (non-hydrogen) atoms. The number of carboxylic acids is 1. The molecule has 3 aromatic carbocycles. The summed E-state index contributed by atoms with van der Waals surface area (Å²) in [5.41, 5.74) is 3.18. The monoisotopic (exact) mass is 575 g/mol. The molecule has 2 N–H and O–H groups in total. The Morgan fingerprint density at radius 3 is 2.25 bits per heavy atom. The summed E-state index contributed by atoms with van der Waals surface area (Å²) in [6, 6.07) is 13.5. The van der Waals surface area contributed by atoms with Gasteiger partial charge in [-0.2, -0.15) is 13.2 Å². The normalized spacial score (nSPS) is 12.3.